The number of rotatable bonds is 6. The minimum absolute atomic E-state index is 0.147. The van der Waals surface area contributed by atoms with Crippen molar-refractivity contribution in [2.45, 2.75) is 39.2 Å². The van der Waals surface area contributed by atoms with Crippen molar-refractivity contribution in [3.8, 4) is 0 Å². The maximum absolute atomic E-state index is 11.4. The molecule has 0 saturated carbocycles. The standard InChI is InChI=1S/C12H24N2O2/c1-10(2)9-14-12(15)3-6-13-11-4-7-16-8-5-11/h10-11,13H,3-9H2,1-2H3,(H,14,15). The molecule has 16 heavy (non-hydrogen) atoms. The molecule has 1 aliphatic heterocycles. The summed E-state index contributed by atoms with van der Waals surface area (Å²) in [5.74, 6) is 0.667. The van der Waals surface area contributed by atoms with Gasteiger partial charge >= 0.3 is 0 Å². The molecule has 4 nitrogen and oxygen atoms in total. The molecule has 1 fully saturated rings. The molecule has 2 N–H and O–H groups in total. The molecular weight excluding hydrogens is 204 g/mol. The monoisotopic (exact) mass is 228 g/mol. The summed E-state index contributed by atoms with van der Waals surface area (Å²) >= 11 is 0. The van der Waals surface area contributed by atoms with Crippen molar-refractivity contribution in [1.82, 2.24) is 10.6 Å². The van der Waals surface area contributed by atoms with Crippen LogP contribution < -0.4 is 10.6 Å². The Morgan fingerprint density at radius 3 is 2.69 bits per heavy atom. The average molecular weight is 228 g/mol. The molecule has 4 heteroatoms. The van der Waals surface area contributed by atoms with Gasteiger partial charge in [0.05, 0.1) is 0 Å². The summed E-state index contributed by atoms with van der Waals surface area (Å²) < 4.78 is 5.27. The Kier molecular flexibility index (Phi) is 6.42. The van der Waals surface area contributed by atoms with Gasteiger partial charge in [-0.15, -0.1) is 0 Å². The number of nitrogens with one attached hydrogen (secondary N) is 2. The average Bonchev–Trinajstić information content (AvgIpc) is 2.28. The third-order valence-electron chi connectivity index (χ3n) is 2.71. The summed E-state index contributed by atoms with van der Waals surface area (Å²) in [5.41, 5.74) is 0. The van der Waals surface area contributed by atoms with Gasteiger partial charge in [0.25, 0.3) is 0 Å². The van der Waals surface area contributed by atoms with Crippen LogP contribution in [0.3, 0.4) is 0 Å². The summed E-state index contributed by atoms with van der Waals surface area (Å²) in [6, 6.07) is 0.534. The maximum Gasteiger partial charge on any atom is 0.221 e. The van der Waals surface area contributed by atoms with Crippen molar-refractivity contribution in [3.05, 3.63) is 0 Å². The van der Waals surface area contributed by atoms with Gasteiger partial charge in [-0.25, -0.2) is 0 Å². The highest BCUT2D eigenvalue weighted by atomic mass is 16.5. The highest BCUT2D eigenvalue weighted by Gasteiger charge is 2.12. The topological polar surface area (TPSA) is 50.4 Å². The van der Waals surface area contributed by atoms with Crippen molar-refractivity contribution in [3.63, 3.8) is 0 Å². The highest BCUT2D eigenvalue weighted by molar-refractivity contribution is 5.76. The lowest BCUT2D eigenvalue weighted by Crippen LogP contribution is -2.37. The van der Waals surface area contributed by atoms with E-state index in [-0.39, 0.29) is 5.91 Å². The summed E-state index contributed by atoms with van der Waals surface area (Å²) in [4.78, 5) is 11.4. The Balaban J connectivity index is 1.99. The van der Waals surface area contributed by atoms with E-state index in [1.807, 2.05) is 0 Å². The fourth-order valence-corrected chi connectivity index (χ4v) is 1.70. The van der Waals surface area contributed by atoms with E-state index in [1.54, 1.807) is 0 Å². The Hall–Kier alpha value is -0.610. The van der Waals surface area contributed by atoms with Crippen molar-refractivity contribution < 1.29 is 9.53 Å². The molecule has 1 amide bonds. The Bertz CT molecular complexity index is 201. The number of carbonyl (C=O) groups is 1. The summed E-state index contributed by atoms with van der Waals surface area (Å²) in [7, 11) is 0. The smallest absolute Gasteiger partial charge is 0.221 e. The van der Waals surface area contributed by atoms with Crippen molar-refractivity contribution in [1.29, 1.82) is 0 Å². The fourth-order valence-electron chi connectivity index (χ4n) is 1.70. The normalized spacial score (nSPS) is 17.7. The lowest BCUT2D eigenvalue weighted by Gasteiger charge is -2.23. The number of hydrogen-bond acceptors (Lipinski definition) is 3. The summed E-state index contributed by atoms with van der Waals surface area (Å²) in [6.07, 6.45) is 2.70. The van der Waals surface area contributed by atoms with E-state index in [0.717, 1.165) is 39.1 Å². The maximum atomic E-state index is 11.4. The van der Waals surface area contributed by atoms with Crippen LogP contribution in [0.15, 0.2) is 0 Å². The third kappa shape index (κ3) is 6.08. The van der Waals surface area contributed by atoms with Crippen LogP contribution in [0.5, 0.6) is 0 Å². The minimum atomic E-state index is 0.147. The quantitative estimate of drug-likeness (QED) is 0.710. The van der Waals surface area contributed by atoms with Gasteiger partial charge in [0, 0.05) is 38.8 Å². The molecular formula is C12H24N2O2. The molecule has 1 rings (SSSR count). The van der Waals surface area contributed by atoms with E-state index in [1.165, 1.54) is 0 Å². The second kappa shape index (κ2) is 7.63. The molecule has 0 unspecified atom stereocenters. The molecule has 0 aliphatic carbocycles. The zero-order valence-electron chi connectivity index (χ0n) is 10.4. The van der Waals surface area contributed by atoms with Gasteiger partial charge in [0.15, 0.2) is 0 Å². The fraction of sp³-hybridized carbons (Fsp3) is 0.917. The second-order valence-electron chi connectivity index (χ2n) is 4.79. The Morgan fingerprint density at radius 2 is 2.06 bits per heavy atom. The molecule has 0 aromatic rings. The number of amides is 1. The minimum Gasteiger partial charge on any atom is -0.381 e. The number of carbonyl (C=O) groups excluding carboxylic acids is 1. The van der Waals surface area contributed by atoms with Gasteiger partial charge in [0.1, 0.15) is 0 Å². The highest BCUT2D eigenvalue weighted by Crippen LogP contribution is 2.05. The van der Waals surface area contributed by atoms with Crippen LogP contribution in [0.1, 0.15) is 33.1 Å². The van der Waals surface area contributed by atoms with Crippen molar-refractivity contribution in [2.24, 2.45) is 5.92 Å². The molecule has 0 aromatic carbocycles. The van der Waals surface area contributed by atoms with Crippen LogP contribution in [0.4, 0.5) is 0 Å². The summed E-state index contributed by atoms with van der Waals surface area (Å²) in [5, 5.41) is 6.32. The SMILES string of the molecule is CC(C)CNC(=O)CCNC1CCOCC1. The molecule has 0 radical (unpaired) electrons. The Morgan fingerprint density at radius 1 is 1.38 bits per heavy atom. The van der Waals surface area contributed by atoms with Crippen molar-refractivity contribution in [2.75, 3.05) is 26.3 Å². The first-order chi connectivity index (χ1) is 7.68. The zero-order chi connectivity index (χ0) is 11.8. The van der Waals surface area contributed by atoms with Gasteiger partial charge in [-0.1, -0.05) is 13.8 Å². The molecule has 1 aliphatic rings. The van der Waals surface area contributed by atoms with Gasteiger partial charge in [-0.2, -0.15) is 0 Å². The largest absolute Gasteiger partial charge is 0.381 e. The number of ether oxygens (including phenoxy) is 1. The molecule has 0 spiro atoms. The first kappa shape index (κ1) is 13.5. The zero-order valence-corrected chi connectivity index (χ0v) is 10.4. The van der Waals surface area contributed by atoms with Crippen LogP contribution in [0.25, 0.3) is 0 Å². The molecule has 0 bridgehead atoms. The van der Waals surface area contributed by atoms with E-state index in [0.29, 0.717) is 18.4 Å². The van der Waals surface area contributed by atoms with Crippen molar-refractivity contribution >= 4 is 5.91 Å². The van der Waals surface area contributed by atoms with E-state index in [2.05, 4.69) is 24.5 Å². The van der Waals surface area contributed by atoms with E-state index in [9.17, 15) is 4.79 Å². The van der Waals surface area contributed by atoms with Gasteiger partial charge in [0.2, 0.25) is 5.91 Å². The van der Waals surface area contributed by atoms with E-state index >= 15 is 0 Å². The predicted molar refractivity (Wildman–Crippen MR) is 64.3 cm³/mol. The van der Waals surface area contributed by atoms with Crippen LogP contribution in [0, 0.1) is 5.92 Å². The molecule has 0 aromatic heterocycles. The lowest BCUT2D eigenvalue weighted by molar-refractivity contribution is -0.121. The van der Waals surface area contributed by atoms with E-state index < -0.39 is 0 Å². The van der Waals surface area contributed by atoms with Crippen LogP contribution in [-0.2, 0) is 9.53 Å². The molecule has 1 saturated heterocycles. The first-order valence-electron chi connectivity index (χ1n) is 6.26. The molecule has 1 heterocycles. The first-order valence-corrected chi connectivity index (χ1v) is 6.26. The predicted octanol–water partition coefficient (Wildman–Crippen LogP) is 0.917. The second-order valence-corrected chi connectivity index (χ2v) is 4.79. The third-order valence-corrected chi connectivity index (χ3v) is 2.71. The molecule has 94 valence electrons. The number of hydrogen-bond donors (Lipinski definition) is 2. The van der Waals surface area contributed by atoms with Crippen LogP contribution in [0.2, 0.25) is 0 Å². The van der Waals surface area contributed by atoms with Crippen LogP contribution >= 0.6 is 0 Å². The van der Waals surface area contributed by atoms with Crippen LogP contribution in [-0.4, -0.2) is 38.3 Å². The molecule has 0 atom stereocenters. The Labute approximate surface area is 98.1 Å². The van der Waals surface area contributed by atoms with Gasteiger partial charge in [-0.05, 0) is 18.8 Å². The summed E-state index contributed by atoms with van der Waals surface area (Å²) in [6.45, 7) is 7.43. The van der Waals surface area contributed by atoms with E-state index in [4.69, 9.17) is 4.74 Å². The van der Waals surface area contributed by atoms with Gasteiger partial charge < -0.3 is 15.4 Å². The lowest BCUT2D eigenvalue weighted by atomic mass is 10.1. The van der Waals surface area contributed by atoms with Gasteiger partial charge in [-0.3, -0.25) is 4.79 Å².